The molecule has 106 valence electrons. The summed E-state index contributed by atoms with van der Waals surface area (Å²) in [6.45, 7) is 1.67. The number of hydrogen-bond donors (Lipinski definition) is 2. The van der Waals surface area contributed by atoms with E-state index in [1.54, 1.807) is 19.1 Å². The number of aryl methyl sites for hydroxylation is 1. The van der Waals surface area contributed by atoms with Crippen molar-refractivity contribution in [1.29, 1.82) is 0 Å². The molecule has 7 heteroatoms. The second-order valence-electron chi connectivity index (χ2n) is 4.15. The molecule has 0 aliphatic rings. The molecule has 2 aromatic carbocycles. The fraction of sp³-hybridized carbons (Fsp3) is 0.0769. The first-order chi connectivity index (χ1) is 9.31. The Bertz CT molecular complexity index is 760. The summed E-state index contributed by atoms with van der Waals surface area (Å²) in [6.07, 6.45) is 0. The molecule has 0 saturated heterocycles. The van der Waals surface area contributed by atoms with Gasteiger partial charge in [0.1, 0.15) is 5.75 Å². The zero-order valence-corrected chi connectivity index (χ0v) is 12.7. The van der Waals surface area contributed by atoms with E-state index in [0.29, 0.717) is 5.56 Å². The van der Waals surface area contributed by atoms with Crippen LogP contribution in [-0.2, 0) is 10.0 Å². The highest BCUT2D eigenvalue weighted by Crippen LogP contribution is 2.30. The van der Waals surface area contributed by atoms with Gasteiger partial charge in [0.2, 0.25) is 0 Å². The van der Waals surface area contributed by atoms with Crippen LogP contribution in [0.15, 0.2) is 41.3 Å². The van der Waals surface area contributed by atoms with E-state index < -0.39 is 10.0 Å². The van der Waals surface area contributed by atoms with Gasteiger partial charge in [0.05, 0.1) is 20.6 Å². The second kappa shape index (κ2) is 5.52. The summed E-state index contributed by atoms with van der Waals surface area (Å²) in [5.74, 6) is -0.115. The quantitative estimate of drug-likeness (QED) is 0.840. The lowest BCUT2D eigenvalue weighted by Crippen LogP contribution is -2.13. The fourth-order valence-electron chi connectivity index (χ4n) is 1.59. The number of sulfonamides is 1. The van der Waals surface area contributed by atoms with Gasteiger partial charge in [0.15, 0.2) is 0 Å². The maximum absolute atomic E-state index is 12.2. The van der Waals surface area contributed by atoms with E-state index in [2.05, 4.69) is 4.72 Å². The van der Waals surface area contributed by atoms with Gasteiger partial charge in [-0.15, -0.1) is 0 Å². The van der Waals surface area contributed by atoms with E-state index in [4.69, 9.17) is 23.2 Å². The summed E-state index contributed by atoms with van der Waals surface area (Å²) >= 11 is 11.6. The number of benzene rings is 2. The number of nitrogens with one attached hydrogen (secondary N) is 1. The average Bonchev–Trinajstić information content (AvgIpc) is 2.38. The zero-order valence-electron chi connectivity index (χ0n) is 10.4. The van der Waals surface area contributed by atoms with E-state index in [0.717, 1.165) is 0 Å². The molecular formula is C13H11Cl2NO3S. The predicted octanol–water partition coefficient (Wildman–Crippen LogP) is 3.81. The highest BCUT2D eigenvalue weighted by molar-refractivity contribution is 7.92. The monoisotopic (exact) mass is 331 g/mol. The average molecular weight is 332 g/mol. The third kappa shape index (κ3) is 3.00. The number of anilines is 1. The van der Waals surface area contributed by atoms with Crippen molar-refractivity contribution in [2.75, 3.05) is 4.72 Å². The first-order valence-electron chi connectivity index (χ1n) is 5.58. The molecule has 0 bridgehead atoms. The minimum Gasteiger partial charge on any atom is -0.505 e. The first kappa shape index (κ1) is 15.0. The third-order valence-electron chi connectivity index (χ3n) is 2.68. The van der Waals surface area contributed by atoms with Crippen LogP contribution in [-0.4, -0.2) is 13.5 Å². The Balaban J connectivity index is 2.41. The maximum atomic E-state index is 12.2. The van der Waals surface area contributed by atoms with Crippen LogP contribution in [0.5, 0.6) is 5.75 Å². The van der Waals surface area contributed by atoms with Crippen LogP contribution in [0.2, 0.25) is 10.0 Å². The van der Waals surface area contributed by atoms with Crippen LogP contribution in [0.25, 0.3) is 0 Å². The third-order valence-corrected chi connectivity index (χ3v) is 4.79. The summed E-state index contributed by atoms with van der Waals surface area (Å²) in [4.78, 5) is -0.0344. The molecule has 0 saturated carbocycles. The Morgan fingerprint density at radius 1 is 1.10 bits per heavy atom. The molecule has 20 heavy (non-hydrogen) atoms. The largest absolute Gasteiger partial charge is 0.505 e. The number of aromatic hydroxyl groups is 1. The van der Waals surface area contributed by atoms with E-state index in [1.807, 2.05) is 0 Å². The Morgan fingerprint density at radius 3 is 2.45 bits per heavy atom. The predicted molar refractivity (Wildman–Crippen MR) is 80.1 cm³/mol. The van der Waals surface area contributed by atoms with Gasteiger partial charge in [-0.2, -0.15) is 0 Å². The molecule has 0 spiro atoms. The number of hydrogen-bond acceptors (Lipinski definition) is 3. The summed E-state index contributed by atoms with van der Waals surface area (Å²) in [5, 5.41) is 10.2. The molecule has 0 radical (unpaired) electrons. The molecule has 0 unspecified atom stereocenters. The van der Waals surface area contributed by atoms with Crippen molar-refractivity contribution >= 4 is 38.9 Å². The Hall–Kier alpha value is -1.43. The van der Waals surface area contributed by atoms with Gasteiger partial charge in [0, 0.05) is 0 Å². The molecule has 4 nitrogen and oxygen atoms in total. The molecule has 0 heterocycles. The van der Waals surface area contributed by atoms with Crippen molar-refractivity contribution in [3.8, 4) is 5.75 Å². The first-order valence-corrected chi connectivity index (χ1v) is 7.81. The molecule has 0 amide bonds. The highest BCUT2D eigenvalue weighted by Gasteiger charge is 2.17. The van der Waals surface area contributed by atoms with Gasteiger partial charge in [0.25, 0.3) is 10.0 Å². The van der Waals surface area contributed by atoms with Gasteiger partial charge in [-0.25, -0.2) is 8.42 Å². The highest BCUT2D eigenvalue weighted by atomic mass is 35.5. The van der Waals surface area contributed by atoms with Crippen LogP contribution < -0.4 is 4.72 Å². The van der Waals surface area contributed by atoms with Gasteiger partial charge >= 0.3 is 0 Å². The minimum atomic E-state index is -3.84. The Kier molecular flexibility index (Phi) is 4.13. The van der Waals surface area contributed by atoms with Crippen LogP contribution >= 0.6 is 23.2 Å². The molecule has 0 fully saturated rings. The SMILES string of the molecule is Cc1cccc(NS(=O)(=O)c2ccc(Cl)c(Cl)c2)c1O. The zero-order chi connectivity index (χ0) is 14.9. The second-order valence-corrected chi connectivity index (χ2v) is 6.65. The van der Waals surface area contributed by atoms with Crippen LogP contribution in [0.1, 0.15) is 5.56 Å². The Morgan fingerprint density at radius 2 is 1.80 bits per heavy atom. The molecule has 2 aromatic rings. The molecule has 0 atom stereocenters. The molecule has 2 rings (SSSR count). The van der Waals surface area contributed by atoms with Crippen molar-refractivity contribution in [1.82, 2.24) is 0 Å². The summed E-state index contributed by atoms with van der Waals surface area (Å²) in [6, 6.07) is 8.77. The molecule has 0 aliphatic carbocycles. The van der Waals surface area contributed by atoms with Crippen molar-refractivity contribution in [3.63, 3.8) is 0 Å². The number of halogens is 2. The summed E-state index contributed by atoms with van der Waals surface area (Å²) < 4.78 is 26.7. The van der Waals surface area contributed by atoms with Crippen molar-refractivity contribution in [2.24, 2.45) is 0 Å². The maximum Gasteiger partial charge on any atom is 0.262 e. The van der Waals surface area contributed by atoms with Crippen LogP contribution in [0.4, 0.5) is 5.69 Å². The lowest BCUT2D eigenvalue weighted by molar-refractivity contribution is 0.473. The Labute approximate surface area is 127 Å². The molecule has 0 aromatic heterocycles. The van der Waals surface area contributed by atoms with Crippen molar-refractivity contribution < 1.29 is 13.5 Å². The van der Waals surface area contributed by atoms with Gasteiger partial charge in [-0.1, -0.05) is 35.3 Å². The lowest BCUT2D eigenvalue weighted by atomic mass is 10.2. The van der Waals surface area contributed by atoms with Crippen LogP contribution in [0, 0.1) is 6.92 Å². The topological polar surface area (TPSA) is 66.4 Å². The minimum absolute atomic E-state index is 0.0344. The number of para-hydroxylation sites is 1. The fourth-order valence-corrected chi connectivity index (χ4v) is 3.04. The molecular weight excluding hydrogens is 321 g/mol. The summed E-state index contributed by atoms with van der Waals surface area (Å²) in [5.41, 5.74) is 0.676. The van der Waals surface area contributed by atoms with Crippen LogP contribution in [0.3, 0.4) is 0 Å². The summed E-state index contributed by atoms with van der Waals surface area (Å²) in [7, 11) is -3.84. The van der Waals surface area contributed by atoms with E-state index >= 15 is 0 Å². The van der Waals surface area contributed by atoms with E-state index in [-0.39, 0.29) is 26.4 Å². The molecule has 2 N–H and O–H groups in total. The standard InChI is InChI=1S/C13H11Cl2NO3S/c1-8-3-2-4-12(13(8)17)16-20(18,19)9-5-6-10(14)11(15)7-9/h2-7,16-17H,1H3. The lowest BCUT2D eigenvalue weighted by Gasteiger charge is -2.11. The number of phenols is 1. The molecule has 0 aliphatic heterocycles. The van der Waals surface area contributed by atoms with Gasteiger partial charge in [-0.05, 0) is 36.8 Å². The van der Waals surface area contributed by atoms with Gasteiger partial charge < -0.3 is 5.11 Å². The van der Waals surface area contributed by atoms with Gasteiger partial charge in [-0.3, -0.25) is 4.72 Å². The van der Waals surface area contributed by atoms with Crippen molar-refractivity contribution in [2.45, 2.75) is 11.8 Å². The number of rotatable bonds is 3. The normalized spacial score (nSPS) is 11.3. The van der Waals surface area contributed by atoms with Crippen molar-refractivity contribution in [3.05, 3.63) is 52.0 Å². The number of phenolic OH excluding ortho intramolecular Hbond substituents is 1. The smallest absolute Gasteiger partial charge is 0.262 e. The van der Waals surface area contributed by atoms with E-state index in [9.17, 15) is 13.5 Å². The van der Waals surface area contributed by atoms with E-state index in [1.165, 1.54) is 24.3 Å².